The molecule has 0 spiro atoms. The van der Waals surface area contributed by atoms with E-state index in [0.717, 1.165) is 19.1 Å². The topological polar surface area (TPSA) is 93.4 Å². The normalized spacial score (nSPS) is 11.4. The molecule has 0 aliphatic carbocycles. The van der Waals surface area contributed by atoms with Gasteiger partial charge in [-0.15, -0.1) is 0 Å². The first kappa shape index (κ1) is 17.1. The summed E-state index contributed by atoms with van der Waals surface area (Å²) in [5.41, 5.74) is 0.295. The van der Waals surface area contributed by atoms with Gasteiger partial charge < -0.3 is 9.42 Å². The van der Waals surface area contributed by atoms with E-state index in [1.54, 1.807) is 19.2 Å². The number of rotatable bonds is 6. The van der Waals surface area contributed by atoms with Gasteiger partial charge in [0.1, 0.15) is 0 Å². The molecule has 0 bridgehead atoms. The van der Waals surface area contributed by atoms with Crippen molar-refractivity contribution in [3.8, 4) is 0 Å². The molecule has 2 rings (SSSR count). The maximum Gasteiger partial charge on any atom is 0.254 e. The van der Waals surface area contributed by atoms with Crippen molar-refractivity contribution in [2.75, 3.05) is 13.3 Å². The van der Waals surface area contributed by atoms with E-state index in [0.29, 0.717) is 17.3 Å². The van der Waals surface area contributed by atoms with Crippen LogP contribution in [0, 0.1) is 0 Å². The van der Waals surface area contributed by atoms with Crippen molar-refractivity contribution in [3.63, 3.8) is 0 Å². The predicted molar refractivity (Wildman–Crippen MR) is 83.6 cm³/mol. The highest BCUT2D eigenvalue weighted by Gasteiger charge is 2.17. The van der Waals surface area contributed by atoms with Gasteiger partial charge in [0.15, 0.2) is 15.7 Å². The molecule has 1 heterocycles. The Morgan fingerprint density at radius 2 is 2.09 bits per heavy atom. The van der Waals surface area contributed by atoms with Crippen LogP contribution in [-0.4, -0.2) is 42.7 Å². The van der Waals surface area contributed by atoms with Crippen LogP contribution >= 0.6 is 0 Å². The van der Waals surface area contributed by atoms with Crippen molar-refractivity contribution >= 4 is 15.7 Å². The number of hydrogen-bond donors (Lipinski definition) is 0. The van der Waals surface area contributed by atoms with Gasteiger partial charge in [-0.05, 0) is 24.6 Å². The van der Waals surface area contributed by atoms with E-state index >= 15 is 0 Å². The Kier molecular flexibility index (Phi) is 5.15. The van der Waals surface area contributed by atoms with Crippen molar-refractivity contribution in [1.29, 1.82) is 0 Å². The second-order valence-electron chi connectivity index (χ2n) is 5.32. The van der Waals surface area contributed by atoms with Crippen LogP contribution in [0.25, 0.3) is 0 Å². The highest BCUT2D eigenvalue weighted by Crippen LogP contribution is 2.14. The van der Waals surface area contributed by atoms with Gasteiger partial charge in [0, 0.05) is 25.3 Å². The summed E-state index contributed by atoms with van der Waals surface area (Å²) < 4.78 is 28.3. The van der Waals surface area contributed by atoms with Crippen LogP contribution in [0.3, 0.4) is 0 Å². The molecule has 0 saturated heterocycles. The fourth-order valence-electron chi connectivity index (χ4n) is 2.03. The molecule has 1 aromatic heterocycles. The smallest absolute Gasteiger partial charge is 0.254 e. The van der Waals surface area contributed by atoms with Crippen LogP contribution < -0.4 is 0 Å². The van der Waals surface area contributed by atoms with Crippen molar-refractivity contribution in [2.24, 2.45) is 0 Å². The Balaban J connectivity index is 2.13. The van der Waals surface area contributed by atoms with E-state index < -0.39 is 9.84 Å². The predicted octanol–water partition coefficient (Wildman–Crippen LogP) is 1.70. The van der Waals surface area contributed by atoms with Gasteiger partial charge in [0.2, 0.25) is 5.89 Å². The van der Waals surface area contributed by atoms with Gasteiger partial charge in [0.25, 0.3) is 5.91 Å². The lowest BCUT2D eigenvalue weighted by Gasteiger charge is -2.15. The first-order valence-electron chi connectivity index (χ1n) is 7.18. The first-order valence-corrected chi connectivity index (χ1v) is 9.07. The van der Waals surface area contributed by atoms with Crippen LogP contribution in [0.4, 0.5) is 0 Å². The standard InChI is InChI=1S/C15H19N3O4S/c1-4-6-13-16-14(22-17-13)10-18(2)15(19)11-7-5-8-12(9-11)23(3,20)21/h5,7-9H,4,6,10H2,1-3H3. The number of hydrogen-bond acceptors (Lipinski definition) is 6. The number of benzene rings is 1. The summed E-state index contributed by atoms with van der Waals surface area (Å²) in [7, 11) is -1.76. The minimum absolute atomic E-state index is 0.111. The highest BCUT2D eigenvalue weighted by atomic mass is 32.2. The third-order valence-corrected chi connectivity index (χ3v) is 4.32. The van der Waals surface area contributed by atoms with Crippen LogP contribution in [0.1, 0.15) is 35.4 Å². The molecule has 1 aromatic carbocycles. The third kappa shape index (κ3) is 4.38. The van der Waals surface area contributed by atoms with E-state index in [4.69, 9.17) is 4.52 Å². The van der Waals surface area contributed by atoms with Gasteiger partial charge in [-0.1, -0.05) is 18.1 Å². The highest BCUT2D eigenvalue weighted by molar-refractivity contribution is 7.90. The number of aryl methyl sites for hydroxylation is 1. The number of carbonyl (C=O) groups is 1. The van der Waals surface area contributed by atoms with E-state index in [2.05, 4.69) is 10.1 Å². The van der Waals surface area contributed by atoms with E-state index in [-0.39, 0.29) is 17.3 Å². The quantitative estimate of drug-likeness (QED) is 0.796. The molecule has 1 amide bonds. The fourth-order valence-corrected chi connectivity index (χ4v) is 2.70. The zero-order valence-electron chi connectivity index (χ0n) is 13.3. The average molecular weight is 337 g/mol. The van der Waals surface area contributed by atoms with Gasteiger partial charge in [-0.2, -0.15) is 4.98 Å². The molecular weight excluding hydrogens is 318 g/mol. The Bertz CT molecular complexity index is 799. The number of nitrogens with zero attached hydrogens (tertiary/aromatic N) is 3. The van der Waals surface area contributed by atoms with Crippen molar-refractivity contribution in [3.05, 3.63) is 41.5 Å². The Morgan fingerprint density at radius 3 is 2.74 bits per heavy atom. The van der Waals surface area contributed by atoms with Gasteiger partial charge >= 0.3 is 0 Å². The molecule has 7 nitrogen and oxygen atoms in total. The summed E-state index contributed by atoms with van der Waals surface area (Å²) in [5, 5.41) is 3.83. The van der Waals surface area contributed by atoms with Crippen LogP contribution in [0.2, 0.25) is 0 Å². The molecule has 0 aliphatic rings. The monoisotopic (exact) mass is 337 g/mol. The lowest BCUT2D eigenvalue weighted by atomic mass is 10.2. The number of aromatic nitrogens is 2. The summed E-state index contributed by atoms with van der Waals surface area (Å²) in [5.74, 6) is 0.650. The molecule has 0 radical (unpaired) electrons. The van der Waals surface area contributed by atoms with Gasteiger partial charge in [-0.3, -0.25) is 4.79 Å². The van der Waals surface area contributed by atoms with E-state index in [1.807, 2.05) is 6.92 Å². The molecule has 124 valence electrons. The second kappa shape index (κ2) is 6.91. The number of amides is 1. The van der Waals surface area contributed by atoms with Crippen molar-refractivity contribution in [1.82, 2.24) is 15.0 Å². The molecule has 2 aromatic rings. The molecule has 0 N–H and O–H groups in total. The van der Waals surface area contributed by atoms with Gasteiger partial charge in [0.05, 0.1) is 11.4 Å². The van der Waals surface area contributed by atoms with Crippen LogP contribution in [0.15, 0.2) is 33.7 Å². The molecule has 8 heteroatoms. The van der Waals surface area contributed by atoms with Crippen LogP contribution in [0.5, 0.6) is 0 Å². The molecule has 0 saturated carbocycles. The molecule has 0 aliphatic heterocycles. The zero-order chi connectivity index (χ0) is 17.0. The second-order valence-corrected chi connectivity index (χ2v) is 7.33. The summed E-state index contributed by atoms with van der Waals surface area (Å²) in [6, 6.07) is 5.94. The summed E-state index contributed by atoms with van der Waals surface area (Å²) in [6.07, 6.45) is 2.73. The first-order chi connectivity index (χ1) is 10.8. The lowest BCUT2D eigenvalue weighted by Crippen LogP contribution is -2.26. The average Bonchev–Trinajstić information content (AvgIpc) is 2.93. The zero-order valence-corrected chi connectivity index (χ0v) is 14.1. The molecule has 0 fully saturated rings. The number of carbonyl (C=O) groups excluding carboxylic acids is 1. The van der Waals surface area contributed by atoms with Crippen molar-refractivity contribution in [2.45, 2.75) is 31.2 Å². The SMILES string of the molecule is CCCc1noc(CN(C)C(=O)c2cccc(S(C)(=O)=O)c2)n1. The number of sulfone groups is 1. The van der Waals surface area contributed by atoms with Gasteiger partial charge in [-0.25, -0.2) is 8.42 Å². The van der Waals surface area contributed by atoms with E-state index in [9.17, 15) is 13.2 Å². The Hall–Kier alpha value is -2.22. The summed E-state index contributed by atoms with van der Waals surface area (Å²) in [4.78, 5) is 18.1. The van der Waals surface area contributed by atoms with E-state index in [1.165, 1.54) is 17.0 Å². The van der Waals surface area contributed by atoms with Crippen LogP contribution in [-0.2, 0) is 22.8 Å². The van der Waals surface area contributed by atoms with Crippen molar-refractivity contribution < 1.29 is 17.7 Å². The molecular formula is C15H19N3O4S. The maximum atomic E-state index is 12.4. The minimum Gasteiger partial charge on any atom is -0.337 e. The Labute approximate surface area is 135 Å². The molecule has 0 atom stereocenters. The fraction of sp³-hybridized carbons (Fsp3) is 0.400. The minimum atomic E-state index is -3.36. The molecule has 0 unspecified atom stereocenters. The maximum absolute atomic E-state index is 12.4. The summed E-state index contributed by atoms with van der Waals surface area (Å²) in [6.45, 7) is 2.18. The summed E-state index contributed by atoms with van der Waals surface area (Å²) >= 11 is 0. The molecule has 23 heavy (non-hydrogen) atoms. The lowest BCUT2D eigenvalue weighted by molar-refractivity contribution is 0.0769. The Morgan fingerprint density at radius 1 is 1.35 bits per heavy atom. The largest absolute Gasteiger partial charge is 0.337 e. The third-order valence-electron chi connectivity index (χ3n) is 3.21.